The zero-order valence-corrected chi connectivity index (χ0v) is 9.74. The Labute approximate surface area is 94.8 Å². The lowest BCUT2D eigenvalue weighted by Gasteiger charge is -2.08. The molecule has 0 saturated heterocycles. The second-order valence-corrected chi connectivity index (χ2v) is 3.14. The van der Waals surface area contributed by atoms with Crippen molar-refractivity contribution in [2.45, 2.75) is 13.3 Å². The predicted octanol–water partition coefficient (Wildman–Crippen LogP) is 1.70. The number of anilines is 1. The summed E-state index contributed by atoms with van der Waals surface area (Å²) in [6.45, 7) is 2.34. The lowest BCUT2D eigenvalue weighted by Crippen LogP contribution is -2.09. The minimum absolute atomic E-state index is 0.271. The van der Waals surface area contributed by atoms with E-state index in [9.17, 15) is 4.79 Å². The van der Waals surface area contributed by atoms with Crippen LogP contribution in [0.15, 0.2) is 12.1 Å². The molecule has 1 aromatic heterocycles. The Hall–Kier alpha value is -1.78. The first kappa shape index (κ1) is 12.3. The Morgan fingerprint density at radius 2 is 2.25 bits per heavy atom. The molecule has 1 rings (SSSR count). The van der Waals surface area contributed by atoms with Crippen molar-refractivity contribution >= 4 is 11.8 Å². The molecule has 0 radical (unpaired) electrons. The lowest BCUT2D eigenvalue weighted by atomic mass is 10.2. The van der Waals surface area contributed by atoms with Crippen molar-refractivity contribution in [1.29, 1.82) is 0 Å². The number of hydrogen-bond donors (Lipinski definition) is 1. The molecule has 0 atom stereocenters. The number of nitrogens with zero attached hydrogens (tertiary/aromatic N) is 1. The van der Waals surface area contributed by atoms with Gasteiger partial charge in [0.1, 0.15) is 11.4 Å². The first-order valence-corrected chi connectivity index (χ1v) is 5.12. The predicted molar refractivity (Wildman–Crippen MR) is 60.9 cm³/mol. The molecule has 0 spiro atoms. The summed E-state index contributed by atoms with van der Waals surface area (Å²) in [7, 11) is 3.22. The molecule has 5 heteroatoms. The third kappa shape index (κ3) is 2.85. The van der Waals surface area contributed by atoms with Crippen molar-refractivity contribution in [3.8, 4) is 5.88 Å². The number of methoxy groups -OCH3 is 1. The number of pyridine rings is 1. The van der Waals surface area contributed by atoms with Gasteiger partial charge in [-0.05, 0) is 18.6 Å². The summed E-state index contributed by atoms with van der Waals surface area (Å²) in [6.07, 6.45) is 0.788. The second-order valence-electron chi connectivity index (χ2n) is 3.14. The topological polar surface area (TPSA) is 60.5 Å². The standard InChI is InChI=1S/C11H16N2O3/c1-4-7-16-11(14)8-5-6-9(12-2)13-10(8)15-3/h5-6H,4,7H2,1-3H3,(H,12,13). The fourth-order valence-electron chi connectivity index (χ4n) is 1.16. The van der Waals surface area contributed by atoms with Gasteiger partial charge in [0.25, 0.3) is 0 Å². The molecule has 1 heterocycles. The fraction of sp³-hybridized carbons (Fsp3) is 0.455. The van der Waals surface area contributed by atoms with E-state index >= 15 is 0 Å². The summed E-state index contributed by atoms with van der Waals surface area (Å²) in [5.41, 5.74) is 0.343. The van der Waals surface area contributed by atoms with E-state index in [1.807, 2.05) is 6.92 Å². The van der Waals surface area contributed by atoms with Crippen LogP contribution in [0.2, 0.25) is 0 Å². The van der Waals surface area contributed by atoms with Crippen LogP contribution in [0.5, 0.6) is 5.88 Å². The zero-order valence-electron chi connectivity index (χ0n) is 9.74. The highest BCUT2D eigenvalue weighted by atomic mass is 16.5. The molecule has 0 amide bonds. The minimum Gasteiger partial charge on any atom is -0.480 e. The van der Waals surface area contributed by atoms with Gasteiger partial charge in [-0.3, -0.25) is 0 Å². The molecule has 0 aliphatic heterocycles. The third-order valence-electron chi connectivity index (χ3n) is 1.97. The number of hydrogen-bond acceptors (Lipinski definition) is 5. The Kier molecular flexibility index (Phi) is 4.57. The van der Waals surface area contributed by atoms with Crippen molar-refractivity contribution in [3.63, 3.8) is 0 Å². The fourth-order valence-corrected chi connectivity index (χ4v) is 1.16. The molecule has 0 unspecified atom stereocenters. The van der Waals surface area contributed by atoms with Gasteiger partial charge in [0.05, 0.1) is 13.7 Å². The van der Waals surface area contributed by atoms with Crippen LogP contribution in [0, 0.1) is 0 Å². The zero-order chi connectivity index (χ0) is 12.0. The quantitative estimate of drug-likeness (QED) is 0.771. The number of rotatable bonds is 5. The van der Waals surface area contributed by atoms with Gasteiger partial charge in [0.15, 0.2) is 0 Å². The van der Waals surface area contributed by atoms with Gasteiger partial charge < -0.3 is 14.8 Å². The van der Waals surface area contributed by atoms with E-state index in [0.29, 0.717) is 18.0 Å². The number of ether oxygens (including phenoxy) is 2. The van der Waals surface area contributed by atoms with Crippen LogP contribution in [0.25, 0.3) is 0 Å². The summed E-state index contributed by atoms with van der Waals surface area (Å²) < 4.78 is 10.1. The van der Waals surface area contributed by atoms with Crippen LogP contribution in [-0.2, 0) is 4.74 Å². The monoisotopic (exact) mass is 224 g/mol. The maximum absolute atomic E-state index is 11.6. The highest BCUT2D eigenvalue weighted by Crippen LogP contribution is 2.19. The number of esters is 1. The van der Waals surface area contributed by atoms with Crippen molar-refractivity contribution < 1.29 is 14.3 Å². The largest absolute Gasteiger partial charge is 0.480 e. The highest BCUT2D eigenvalue weighted by molar-refractivity contribution is 5.92. The Balaban J connectivity index is 2.90. The van der Waals surface area contributed by atoms with Crippen LogP contribution in [0.3, 0.4) is 0 Å². The van der Waals surface area contributed by atoms with Crippen LogP contribution in [0.1, 0.15) is 23.7 Å². The lowest BCUT2D eigenvalue weighted by molar-refractivity contribution is 0.0500. The van der Waals surface area contributed by atoms with Crippen molar-refractivity contribution in [1.82, 2.24) is 4.98 Å². The maximum atomic E-state index is 11.6. The van der Waals surface area contributed by atoms with E-state index in [0.717, 1.165) is 6.42 Å². The summed E-state index contributed by atoms with van der Waals surface area (Å²) >= 11 is 0. The number of carbonyl (C=O) groups excluding carboxylic acids is 1. The summed E-state index contributed by atoms with van der Waals surface area (Å²) in [5.74, 6) is 0.505. The summed E-state index contributed by atoms with van der Waals surface area (Å²) in [6, 6.07) is 3.33. The van der Waals surface area contributed by atoms with E-state index < -0.39 is 5.97 Å². The summed E-state index contributed by atoms with van der Waals surface area (Å²) in [5, 5.41) is 2.87. The molecule has 0 saturated carbocycles. The molecule has 88 valence electrons. The van der Waals surface area contributed by atoms with E-state index in [4.69, 9.17) is 9.47 Å². The third-order valence-corrected chi connectivity index (χ3v) is 1.97. The van der Waals surface area contributed by atoms with Gasteiger partial charge >= 0.3 is 5.97 Å². The van der Waals surface area contributed by atoms with Gasteiger partial charge in [0, 0.05) is 7.05 Å². The van der Waals surface area contributed by atoms with E-state index in [1.165, 1.54) is 7.11 Å². The van der Waals surface area contributed by atoms with E-state index in [2.05, 4.69) is 10.3 Å². The molecule has 1 aromatic rings. The van der Waals surface area contributed by atoms with Gasteiger partial charge in [-0.15, -0.1) is 0 Å². The number of nitrogens with one attached hydrogen (secondary N) is 1. The van der Waals surface area contributed by atoms with Crippen LogP contribution in [0.4, 0.5) is 5.82 Å². The molecular weight excluding hydrogens is 208 g/mol. The van der Waals surface area contributed by atoms with Gasteiger partial charge in [-0.2, -0.15) is 4.98 Å². The smallest absolute Gasteiger partial charge is 0.343 e. The molecular formula is C11H16N2O3. The highest BCUT2D eigenvalue weighted by Gasteiger charge is 2.15. The molecule has 0 aliphatic rings. The molecule has 0 aliphatic carbocycles. The number of aromatic nitrogens is 1. The van der Waals surface area contributed by atoms with Gasteiger partial charge in [0.2, 0.25) is 5.88 Å². The second kappa shape index (κ2) is 5.95. The Bertz CT molecular complexity index is 366. The molecule has 0 fully saturated rings. The summed E-state index contributed by atoms with van der Waals surface area (Å²) in [4.78, 5) is 15.7. The maximum Gasteiger partial charge on any atom is 0.343 e. The average molecular weight is 224 g/mol. The Morgan fingerprint density at radius 1 is 1.50 bits per heavy atom. The molecule has 1 N–H and O–H groups in total. The SMILES string of the molecule is CCCOC(=O)c1ccc(NC)nc1OC. The van der Waals surface area contributed by atoms with Crippen LogP contribution < -0.4 is 10.1 Å². The van der Waals surface area contributed by atoms with Gasteiger partial charge in [-0.25, -0.2) is 4.79 Å². The van der Waals surface area contributed by atoms with Crippen molar-refractivity contribution in [2.24, 2.45) is 0 Å². The van der Waals surface area contributed by atoms with Crippen molar-refractivity contribution in [2.75, 3.05) is 26.1 Å². The molecule has 0 bridgehead atoms. The average Bonchev–Trinajstić information content (AvgIpc) is 2.34. The first-order valence-electron chi connectivity index (χ1n) is 5.12. The molecule has 16 heavy (non-hydrogen) atoms. The normalized spacial score (nSPS) is 9.69. The minimum atomic E-state index is -0.408. The molecule has 0 aromatic carbocycles. The number of carbonyl (C=O) groups is 1. The van der Waals surface area contributed by atoms with E-state index in [-0.39, 0.29) is 5.88 Å². The first-order chi connectivity index (χ1) is 7.72. The van der Waals surface area contributed by atoms with E-state index in [1.54, 1.807) is 19.2 Å². The van der Waals surface area contributed by atoms with Crippen molar-refractivity contribution in [3.05, 3.63) is 17.7 Å². The Morgan fingerprint density at radius 3 is 2.81 bits per heavy atom. The van der Waals surface area contributed by atoms with Gasteiger partial charge in [-0.1, -0.05) is 6.92 Å². The van der Waals surface area contributed by atoms with Crippen LogP contribution in [-0.4, -0.2) is 31.7 Å². The molecule has 5 nitrogen and oxygen atoms in total. The van der Waals surface area contributed by atoms with Crippen LogP contribution >= 0.6 is 0 Å².